The van der Waals surface area contributed by atoms with E-state index in [1.54, 1.807) is 11.3 Å². The van der Waals surface area contributed by atoms with E-state index in [1.807, 2.05) is 6.07 Å². The number of fused-ring (bicyclic) bond motifs is 1. The molecular formula is C24H24N2OS. The van der Waals surface area contributed by atoms with Crippen molar-refractivity contribution in [3.63, 3.8) is 0 Å². The molecule has 0 spiro atoms. The van der Waals surface area contributed by atoms with E-state index in [0.29, 0.717) is 5.76 Å². The van der Waals surface area contributed by atoms with Crippen LogP contribution in [-0.4, -0.2) is 16.6 Å². The molecule has 1 aliphatic heterocycles. The van der Waals surface area contributed by atoms with Gasteiger partial charge in [-0.2, -0.15) is 0 Å². The van der Waals surface area contributed by atoms with Gasteiger partial charge in [-0.25, -0.2) is 0 Å². The first-order chi connectivity index (χ1) is 13.5. The van der Waals surface area contributed by atoms with Crippen LogP contribution in [0, 0.1) is 13.8 Å². The van der Waals surface area contributed by atoms with Crippen molar-refractivity contribution in [3.8, 4) is 0 Å². The lowest BCUT2D eigenvalue weighted by Gasteiger charge is -2.33. The lowest BCUT2D eigenvalue weighted by atomic mass is 9.90. The summed E-state index contributed by atoms with van der Waals surface area (Å²) in [5, 5.41) is 14.2. The van der Waals surface area contributed by atoms with Crippen molar-refractivity contribution in [2.24, 2.45) is 0 Å². The van der Waals surface area contributed by atoms with E-state index in [9.17, 15) is 5.11 Å². The molecule has 28 heavy (non-hydrogen) atoms. The second-order valence-corrected chi connectivity index (χ2v) is 9.11. The lowest BCUT2D eigenvalue weighted by molar-refractivity contribution is 0.229. The van der Waals surface area contributed by atoms with Crippen molar-refractivity contribution in [2.45, 2.75) is 32.9 Å². The second kappa shape index (κ2) is 6.50. The van der Waals surface area contributed by atoms with Crippen LogP contribution in [0.2, 0.25) is 0 Å². The molecule has 1 aliphatic carbocycles. The predicted octanol–water partition coefficient (Wildman–Crippen LogP) is 3.56. The molecule has 4 heteroatoms. The number of nitrogens with two attached hydrogens (primary N) is 1. The normalized spacial score (nSPS) is 18.2. The van der Waals surface area contributed by atoms with Crippen LogP contribution in [0.1, 0.15) is 38.6 Å². The third kappa shape index (κ3) is 2.76. The van der Waals surface area contributed by atoms with Crippen LogP contribution in [0.3, 0.4) is 0 Å². The van der Waals surface area contributed by atoms with E-state index in [2.05, 4.69) is 61.2 Å². The second-order valence-electron chi connectivity index (χ2n) is 7.98. The van der Waals surface area contributed by atoms with Crippen molar-refractivity contribution in [1.29, 1.82) is 0 Å². The third-order valence-corrected chi connectivity index (χ3v) is 7.10. The topological polar surface area (TPSA) is 49.5 Å². The van der Waals surface area contributed by atoms with Gasteiger partial charge in [0.2, 0.25) is 0 Å². The maximum absolute atomic E-state index is 11.3. The summed E-state index contributed by atoms with van der Waals surface area (Å²) in [4.78, 5) is 3.70. The Balaban J connectivity index is 1.67. The highest BCUT2D eigenvalue weighted by molar-refractivity contribution is 7.16. The number of hydrogen-bond donors (Lipinski definition) is 2. The van der Waals surface area contributed by atoms with Crippen LogP contribution in [0.25, 0.3) is 11.8 Å². The molecule has 1 aromatic heterocycles. The van der Waals surface area contributed by atoms with Gasteiger partial charge < -0.3 is 10.8 Å². The monoisotopic (exact) mass is 388 g/mol. The van der Waals surface area contributed by atoms with Crippen LogP contribution in [0.15, 0.2) is 42.5 Å². The molecule has 1 unspecified atom stereocenters. The maximum atomic E-state index is 11.3. The van der Waals surface area contributed by atoms with Gasteiger partial charge in [0.1, 0.15) is 5.76 Å². The summed E-state index contributed by atoms with van der Waals surface area (Å²) in [6.45, 7) is 6.78. The number of aliphatic hydroxyl groups is 1. The molecule has 0 saturated heterocycles. The Morgan fingerprint density at radius 2 is 1.89 bits per heavy atom. The van der Waals surface area contributed by atoms with E-state index < -0.39 is 0 Å². The zero-order valence-corrected chi connectivity index (χ0v) is 17.0. The Morgan fingerprint density at radius 3 is 2.68 bits per heavy atom. The number of aryl methyl sites for hydroxylation is 2. The molecule has 3 nitrogen and oxygen atoms in total. The minimum absolute atomic E-state index is 0.0318. The van der Waals surface area contributed by atoms with Gasteiger partial charge in [0.25, 0.3) is 0 Å². The largest absolute Gasteiger partial charge is 0.511 e. The molecule has 1 atom stereocenters. The summed E-state index contributed by atoms with van der Waals surface area (Å²) >= 11 is 1.67. The highest BCUT2D eigenvalue weighted by atomic mass is 32.1. The van der Waals surface area contributed by atoms with E-state index in [4.69, 9.17) is 5.73 Å². The average molecular weight is 389 g/mol. The van der Waals surface area contributed by atoms with Crippen molar-refractivity contribution in [3.05, 3.63) is 85.6 Å². The Hall–Kier alpha value is -2.56. The molecule has 0 amide bonds. The molecule has 0 bridgehead atoms. The van der Waals surface area contributed by atoms with Gasteiger partial charge in [-0.05, 0) is 53.5 Å². The third-order valence-electron chi connectivity index (χ3n) is 6.07. The fourth-order valence-corrected chi connectivity index (χ4v) is 5.65. The molecule has 0 saturated carbocycles. The lowest BCUT2D eigenvalue weighted by Crippen LogP contribution is -2.35. The molecule has 2 aliphatic rings. The van der Waals surface area contributed by atoms with Gasteiger partial charge >= 0.3 is 0 Å². The molecule has 3 aromatic rings. The Kier molecular flexibility index (Phi) is 4.07. The summed E-state index contributed by atoms with van der Waals surface area (Å²) in [7, 11) is 0. The first kappa shape index (κ1) is 17.5. The Labute approximate surface area is 169 Å². The minimum atomic E-state index is -0.0318. The first-order valence-electron chi connectivity index (χ1n) is 9.70. The van der Waals surface area contributed by atoms with Crippen LogP contribution in [0.5, 0.6) is 0 Å². The molecule has 0 radical (unpaired) electrons. The Bertz CT molecular complexity index is 1190. The minimum Gasteiger partial charge on any atom is -0.511 e. The van der Waals surface area contributed by atoms with Gasteiger partial charge in [-0.15, -0.1) is 11.3 Å². The van der Waals surface area contributed by atoms with Crippen molar-refractivity contribution >= 4 is 28.2 Å². The van der Waals surface area contributed by atoms with Crippen molar-refractivity contribution < 1.29 is 5.11 Å². The van der Waals surface area contributed by atoms with Gasteiger partial charge in [-0.3, -0.25) is 4.90 Å². The maximum Gasteiger partial charge on any atom is 0.109 e. The standard InChI is InChI=1S/C24H24N2OS/c1-14-8-17-10-19-22-20(23(27)18(17)9-15(14)2)12-26(13-21(22)28-24(19)25)11-16-6-4-3-5-7-16/h3-10,20,27H,11-13,25H2,1-2H3. The van der Waals surface area contributed by atoms with Crippen molar-refractivity contribution in [2.75, 3.05) is 12.3 Å². The van der Waals surface area contributed by atoms with E-state index in [1.165, 1.54) is 27.1 Å². The number of nitrogen functional groups attached to an aromatic ring is 1. The number of benzene rings is 2. The number of thiophene rings is 1. The zero-order chi connectivity index (χ0) is 19.4. The molecular weight excluding hydrogens is 364 g/mol. The van der Waals surface area contributed by atoms with E-state index in [-0.39, 0.29) is 5.92 Å². The van der Waals surface area contributed by atoms with Gasteiger partial charge in [-0.1, -0.05) is 36.4 Å². The number of rotatable bonds is 2. The van der Waals surface area contributed by atoms with Gasteiger partial charge in [0.05, 0.1) is 10.9 Å². The van der Waals surface area contributed by atoms with Crippen LogP contribution >= 0.6 is 11.3 Å². The number of hydrogen-bond acceptors (Lipinski definition) is 4. The molecule has 142 valence electrons. The van der Waals surface area contributed by atoms with Gasteiger partial charge in [0, 0.05) is 35.3 Å². The highest BCUT2D eigenvalue weighted by Crippen LogP contribution is 2.44. The zero-order valence-electron chi connectivity index (χ0n) is 16.2. The number of aliphatic hydroxyl groups excluding tert-OH is 1. The fourth-order valence-electron chi connectivity index (χ4n) is 4.50. The predicted molar refractivity (Wildman–Crippen MR) is 117 cm³/mol. The Morgan fingerprint density at radius 1 is 1.14 bits per heavy atom. The van der Waals surface area contributed by atoms with E-state index >= 15 is 0 Å². The van der Waals surface area contributed by atoms with Crippen LogP contribution < -0.4 is 16.2 Å². The summed E-state index contributed by atoms with van der Waals surface area (Å²) in [6.07, 6.45) is 2.18. The molecule has 2 aromatic carbocycles. The first-order valence-corrected chi connectivity index (χ1v) is 10.5. The average Bonchev–Trinajstić information content (AvgIpc) is 2.93. The molecule has 5 rings (SSSR count). The number of anilines is 1. The van der Waals surface area contributed by atoms with Crippen molar-refractivity contribution in [1.82, 2.24) is 4.90 Å². The molecule has 2 heterocycles. The summed E-state index contributed by atoms with van der Waals surface area (Å²) in [5.74, 6) is 0.445. The smallest absolute Gasteiger partial charge is 0.109 e. The SMILES string of the molecule is Cc1cc2c(cc1C)=C(O)C1CN(Cc3ccccc3)Cc3sc(N)c(c31)C=2. The van der Waals surface area contributed by atoms with Crippen LogP contribution in [0.4, 0.5) is 5.00 Å². The quantitative estimate of drug-likeness (QED) is 0.706. The van der Waals surface area contributed by atoms with Gasteiger partial charge in [0.15, 0.2) is 0 Å². The highest BCUT2D eigenvalue weighted by Gasteiger charge is 2.34. The van der Waals surface area contributed by atoms with E-state index in [0.717, 1.165) is 40.6 Å². The fraction of sp³-hybridized carbons (Fsp3) is 0.250. The molecule has 0 fully saturated rings. The summed E-state index contributed by atoms with van der Waals surface area (Å²) in [5.41, 5.74) is 12.5. The van der Waals surface area contributed by atoms with Crippen LogP contribution in [-0.2, 0) is 13.1 Å². The summed E-state index contributed by atoms with van der Waals surface area (Å²) in [6, 6.07) is 14.8. The summed E-state index contributed by atoms with van der Waals surface area (Å²) < 4.78 is 0. The number of nitrogens with zero attached hydrogens (tertiary/aromatic N) is 1. The molecule has 3 N–H and O–H groups in total.